The van der Waals surface area contributed by atoms with Gasteiger partial charge >= 0.3 is 5.97 Å². The standard InChI is InChI=1S/C14H19NO2/c1-9-6-5-7-11-10(9)8-12(15-11)13(16)17-14(2,3)4/h5-7,12,15H,8H2,1-4H3. The molecule has 17 heavy (non-hydrogen) atoms. The first-order valence-corrected chi connectivity index (χ1v) is 5.95. The van der Waals surface area contributed by atoms with Crippen molar-refractivity contribution in [3.8, 4) is 0 Å². The van der Waals surface area contributed by atoms with Crippen LogP contribution in [-0.4, -0.2) is 17.6 Å². The molecule has 0 amide bonds. The van der Waals surface area contributed by atoms with Crippen LogP contribution in [-0.2, 0) is 16.0 Å². The first-order chi connectivity index (χ1) is 7.87. The molecule has 1 aliphatic rings. The van der Waals surface area contributed by atoms with E-state index >= 15 is 0 Å². The zero-order valence-electron chi connectivity index (χ0n) is 10.8. The second-order valence-corrected chi connectivity index (χ2v) is 5.54. The minimum absolute atomic E-state index is 0.173. The zero-order valence-corrected chi connectivity index (χ0v) is 10.8. The molecule has 92 valence electrons. The molecule has 1 atom stereocenters. The van der Waals surface area contributed by atoms with Gasteiger partial charge in [0.05, 0.1) is 0 Å². The average Bonchev–Trinajstić information content (AvgIpc) is 2.60. The summed E-state index contributed by atoms with van der Waals surface area (Å²) in [5.41, 5.74) is 3.08. The van der Waals surface area contributed by atoms with Crippen LogP contribution in [0.5, 0.6) is 0 Å². The third-order valence-corrected chi connectivity index (χ3v) is 2.84. The average molecular weight is 233 g/mol. The molecule has 1 aromatic rings. The molecule has 0 aliphatic carbocycles. The lowest BCUT2D eigenvalue weighted by Crippen LogP contribution is -2.35. The van der Waals surface area contributed by atoms with Crippen LogP contribution < -0.4 is 5.32 Å². The Kier molecular flexibility index (Phi) is 2.86. The number of ether oxygens (including phenoxy) is 1. The summed E-state index contributed by atoms with van der Waals surface area (Å²) in [7, 11) is 0. The minimum Gasteiger partial charge on any atom is -0.458 e. The van der Waals surface area contributed by atoms with Crippen LogP contribution >= 0.6 is 0 Å². The second-order valence-electron chi connectivity index (χ2n) is 5.54. The number of nitrogens with one attached hydrogen (secondary N) is 1. The predicted octanol–water partition coefficient (Wildman–Crippen LogP) is 2.67. The van der Waals surface area contributed by atoms with Gasteiger partial charge in [-0.3, -0.25) is 0 Å². The summed E-state index contributed by atoms with van der Waals surface area (Å²) < 4.78 is 5.39. The van der Waals surface area contributed by atoms with Gasteiger partial charge in [-0.15, -0.1) is 0 Å². The summed E-state index contributed by atoms with van der Waals surface area (Å²) >= 11 is 0. The lowest BCUT2D eigenvalue weighted by Gasteiger charge is -2.22. The van der Waals surface area contributed by atoms with Crippen LogP contribution in [0, 0.1) is 6.92 Å². The normalized spacial score (nSPS) is 18.5. The van der Waals surface area contributed by atoms with Crippen molar-refractivity contribution in [2.75, 3.05) is 5.32 Å². The number of carbonyl (C=O) groups excluding carboxylic acids is 1. The Bertz CT molecular complexity index is 446. The van der Waals surface area contributed by atoms with E-state index in [0.29, 0.717) is 0 Å². The molecule has 0 saturated heterocycles. The fourth-order valence-corrected chi connectivity index (χ4v) is 2.07. The summed E-state index contributed by atoms with van der Waals surface area (Å²) in [6, 6.07) is 5.83. The lowest BCUT2D eigenvalue weighted by molar-refractivity contribution is -0.155. The number of rotatable bonds is 1. The van der Waals surface area contributed by atoms with Gasteiger partial charge < -0.3 is 10.1 Å². The highest BCUT2D eigenvalue weighted by molar-refractivity contribution is 5.83. The maximum atomic E-state index is 12.0. The molecule has 0 spiro atoms. The SMILES string of the molecule is Cc1cccc2c1CC(C(=O)OC(C)(C)C)N2. The summed E-state index contributed by atoms with van der Waals surface area (Å²) in [5.74, 6) is -0.173. The fraction of sp³-hybridized carbons (Fsp3) is 0.500. The molecule has 1 unspecified atom stereocenters. The van der Waals surface area contributed by atoms with Crippen molar-refractivity contribution in [2.45, 2.75) is 45.8 Å². The summed E-state index contributed by atoms with van der Waals surface area (Å²) in [6.07, 6.45) is 0.719. The number of hydrogen-bond acceptors (Lipinski definition) is 3. The van der Waals surface area contributed by atoms with Crippen molar-refractivity contribution in [2.24, 2.45) is 0 Å². The summed E-state index contributed by atoms with van der Waals surface area (Å²) in [5, 5.41) is 3.22. The number of esters is 1. The van der Waals surface area contributed by atoms with Gasteiger partial charge in [-0.25, -0.2) is 4.79 Å². The quantitative estimate of drug-likeness (QED) is 0.758. The van der Waals surface area contributed by atoms with E-state index in [9.17, 15) is 4.79 Å². The van der Waals surface area contributed by atoms with E-state index < -0.39 is 5.60 Å². The van der Waals surface area contributed by atoms with E-state index in [1.165, 1.54) is 11.1 Å². The highest BCUT2D eigenvalue weighted by Crippen LogP contribution is 2.29. The number of carbonyl (C=O) groups is 1. The molecule has 0 saturated carbocycles. The molecular weight excluding hydrogens is 214 g/mol. The third kappa shape index (κ3) is 2.60. The number of fused-ring (bicyclic) bond motifs is 1. The van der Waals surface area contributed by atoms with Gasteiger partial charge in [0, 0.05) is 12.1 Å². The summed E-state index contributed by atoms with van der Waals surface area (Å²) in [4.78, 5) is 12.0. The Balaban J connectivity index is 2.10. The number of aryl methyl sites for hydroxylation is 1. The van der Waals surface area contributed by atoms with Crippen molar-refractivity contribution >= 4 is 11.7 Å². The molecule has 3 heteroatoms. The lowest BCUT2D eigenvalue weighted by atomic mass is 10.0. The van der Waals surface area contributed by atoms with E-state index in [4.69, 9.17) is 4.74 Å². The van der Waals surface area contributed by atoms with Gasteiger partial charge in [0.1, 0.15) is 11.6 Å². The van der Waals surface area contributed by atoms with Crippen LogP contribution in [0.4, 0.5) is 5.69 Å². The molecule has 0 aromatic heterocycles. The third-order valence-electron chi connectivity index (χ3n) is 2.84. The van der Waals surface area contributed by atoms with Crippen LogP contribution in [0.15, 0.2) is 18.2 Å². The smallest absolute Gasteiger partial charge is 0.329 e. The molecule has 1 aliphatic heterocycles. The summed E-state index contributed by atoms with van der Waals surface area (Å²) in [6.45, 7) is 7.73. The van der Waals surface area contributed by atoms with E-state index in [1.807, 2.05) is 32.9 Å². The maximum absolute atomic E-state index is 12.0. The highest BCUT2D eigenvalue weighted by atomic mass is 16.6. The number of anilines is 1. The molecule has 2 rings (SSSR count). The fourth-order valence-electron chi connectivity index (χ4n) is 2.07. The van der Waals surface area contributed by atoms with Gasteiger partial charge in [0.15, 0.2) is 0 Å². The number of benzene rings is 1. The molecule has 3 nitrogen and oxygen atoms in total. The van der Waals surface area contributed by atoms with Crippen molar-refractivity contribution < 1.29 is 9.53 Å². The minimum atomic E-state index is -0.428. The van der Waals surface area contributed by atoms with Crippen molar-refractivity contribution in [1.82, 2.24) is 0 Å². The monoisotopic (exact) mass is 233 g/mol. The Morgan fingerprint density at radius 3 is 2.71 bits per heavy atom. The van der Waals surface area contributed by atoms with E-state index in [-0.39, 0.29) is 12.0 Å². The predicted molar refractivity (Wildman–Crippen MR) is 68.1 cm³/mol. The van der Waals surface area contributed by atoms with Crippen LogP contribution in [0.25, 0.3) is 0 Å². The molecular formula is C14H19NO2. The van der Waals surface area contributed by atoms with E-state index in [0.717, 1.165) is 12.1 Å². The maximum Gasteiger partial charge on any atom is 0.329 e. The molecule has 0 radical (unpaired) electrons. The second kappa shape index (κ2) is 4.06. The Hall–Kier alpha value is -1.51. The molecule has 0 fully saturated rings. The Morgan fingerprint density at radius 2 is 2.12 bits per heavy atom. The molecule has 1 N–H and O–H groups in total. The van der Waals surface area contributed by atoms with Crippen LogP contribution in [0.1, 0.15) is 31.9 Å². The van der Waals surface area contributed by atoms with Crippen molar-refractivity contribution in [1.29, 1.82) is 0 Å². The molecule has 1 heterocycles. The topological polar surface area (TPSA) is 38.3 Å². The van der Waals surface area contributed by atoms with Crippen LogP contribution in [0.2, 0.25) is 0 Å². The molecule has 0 bridgehead atoms. The first-order valence-electron chi connectivity index (χ1n) is 5.95. The first kappa shape index (κ1) is 12.0. The van der Waals surface area contributed by atoms with Gasteiger partial charge in [-0.2, -0.15) is 0 Å². The highest BCUT2D eigenvalue weighted by Gasteiger charge is 2.31. The number of hydrogen-bond donors (Lipinski definition) is 1. The van der Waals surface area contributed by atoms with Gasteiger partial charge in [0.25, 0.3) is 0 Å². The molecule has 1 aromatic carbocycles. The van der Waals surface area contributed by atoms with E-state index in [1.54, 1.807) is 0 Å². The van der Waals surface area contributed by atoms with Crippen LogP contribution in [0.3, 0.4) is 0 Å². The van der Waals surface area contributed by atoms with Gasteiger partial charge in [-0.05, 0) is 44.9 Å². The van der Waals surface area contributed by atoms with E-state index in [2.05, 4.69) is 18.3 Å². The Labute approximate surface area is 102 Å². The van der Waals surface area contributed by atoms with Crippen molar-refractivity contribution in [3.63, 3.8) is 0 Å². The van der Waals surface area contributed by atoms with Gasteiger partial charge in [-0.1, -0.05) is 12.1 Å². The van der Waals surface area contributed by atoms with Crippen molar-refractivity contribution in [3.05, 3.63) is 29.3 Å². The van der Waals surface area contributed by atoms with Gasteiger partial charge in [0.2, 0.25) is 0 Å². The largest absolute Gasteiger partial charge is 0.458 e. The Morgan fingerprint density at radius 1 is 1.41 bits per heavy atom. The zero-order chi connectivity index (χ0) is 12.6.